The molecule has 1 aromatic carbocycles. The lowest BCUT2D eigenvalue weighted by atomic mass is 9.86. The van der Waals surface area contributed by atoms with E-state index in [1.54, 1.807) is 18.3 Å². The van der Waals surface area contributed by atoms with Crippen LogP contribution in [0.4, 0.5) is 9.52 Å². The highest BCUT2D eigenvalue weighted by Crippen LogP contribution is 2.28. The van der Waals surface area contributed by atoms with Crippen molar-refractivity contribution < 1.29 is 9.18 Å². The third-order valence-electron chi connectivity index (χ3n) is 4.63. The number of thiazole rings is 1. The minimum Gasteiger partial charge on any atom is -0.302 e. The van der Waals surface area contributed by atoms with Crippen LogP contribution < -0.4 is 5.32 Å². The molecule has 0 radical (unpaired) electrons. The molecule has 0 bridgehead atoms. The SMILES string of the molecule is O=C(CCC1CCCCC1)Nc1ncc(Cc2ccccc2F)s1. The molecule has 1 aliphatic carbocycles. The Balaban J connectivity index is 1.48. The number of halogens is 1. The summed E-state index contributed by atoms with van der Waals surface area (Å²) in [6, 6.07) is 6.75. The van der Waals surface area contributed by atoms with Crippen molar-refractivity contribution in [3.63, 3.8) is 0 Å². The van der Waals surface area contributed by atoms with E-state index in [1.165, 1.54) is 49.5 Å². The first kappa shape index (κ1) is 17.1. The highest BCUT2D eigenvalue weighted by Gasteiger charge is 2.15. The van der Waals surface area contributed by atoms with Crippen LogP contribution >= 0.6 is 11.3 Å². The van der Waals surface area contributed by atoms with Crippen LogP contribution in [-0.4, -0.2) is 10.9 Å². The molecule has 24 heavy (non-hydrogen) atoms. The minimum absolute atomic E-state index is 0.0346. The number of nitrogens with zero attached hydrogens (tertiary/aromatic N) is 1. The summed E-state index contributed by atoms with van der Waals surface area (Å²) in [5.41, 5.74) is 0.649. The van der Waals surface area contributed by atoms with Crippen molar-refractivity contribution in [1.29, 1.82) is 0 Å². The standard InChI is InChI=1S/C19H23FN2OS/c20-17-9-5-4-8-15(17)12-16-13-21-19(24-16)22-18(23)11-10-14-6-2-1-3-7-14/h4-5,8-9,13-14H,1-3,6-7,10-12H2,(H,21,22,23). The van der Waals surface area contributed by atoms with Crippen molar-refractivity contribution in [2.45, 2.75) is 51.4 Å². The second-order valence-electron chi connectivity index (χ2n) is 6.49. The van der Waals surface area contributed by atoms with Crippen molar-refractivity contribution >= 4 is 22.4 Å². The number of aromatic nitrogens is 1. The van der Waals surface area contributed by atoms with Gasteiger partial charge in [0.05, 0.1) is 0 Å². The van der Waals surface area contributed by atoms with Crippen molar-refractivity contribution in [1.82, 2.24) is 4.98 Å². The van der Waals surface area contributed by atoms with Gasteiger partial charge in [-0.05, 0) is 24.0 Å². The van der Waals surface area contributed by atoms with Crippen LogP contribution in [0.25, 0.3) is 0 Å². The van der Waals surface area contributed by atoms with Gasteiger partial charge in [-0.1, -0.05) is 50.3 Å². The number of nitrogens with one attached hydrogen (secondary N) is 1. The van der Waals surface area contributed by atoms with Crippen LogP contribution in [0.15, 0.2) is 30.5 Å². The molecule has 128 valence electrons. The lowest BCUT2D eigenvalue weighted by Crippen LogP contribution is -2.14. The number of benzene rings is 1. The van der Waals surface area contributed by atoms with Gasteiger partial charge in [-0.3, -0.25) is 4.79 Å². The Hall–Kier alpha value is -1.75. The molecule has 0 aliphatic heterocycles. The van der Waals surface area contributed by atoms with Gasteiger partial charge >= 0.3 is 0 Å². The maximum Gasteiger partial charge on any atom is 0.226 e. The monoisotopic (exact) mass is 346 g/mol. The van der Waals surface area contributed by atoms with E-state index in [4.69, 9.17) is 0 Å². The maximum absolute atomic E-state index is 13.7. The van der Waals surface area contributed by atoms with Gasteiger partial charge in [0.1, 0.15) is 5.82 Å². The van der Waals surface area contributed by atoms with Crippen molar-refractivity contribution in [3.8, 4) is 0 Å². The minimum atomic E-state index is -0.205. The molecular weight excluding hydrogens is 323 g/mol. The highest BCUT2D eigenvalue weighted by molar-refractivity contribution is 7.15. The fraction of sp³-hybridized carbons (Fsp3) is 0.474. The average molecular weight is 346 g/mol. The summed E-state index contributed by atoms with van der Waals surface area (Å²) in [6.07, 6.45) is 10.2. The first-order chi connectivity index (χ1) is 11.7. The number of hydrogen-bond acceptors (Lipinski definition) is 3. The third-order valence-corrected chi connectivity index (χ3v) is 5.54. The van der Waals surface area contributed by atoms with Crippen LogP contribution in [-0.2, 0) is 11.2 Å². The third kappa shape index (κ3) is 4.87. The second-order valence-corrected chi connectivity index (χ2v) is 7.61. The summed E-state index contributed by atoms with van der Waals surface area (Å²) in [6.45, 7) is 0. The molecule has 0 spiro atoms. The quantitative estimate of drug-likeness (QED) is 0.784. The Morgan fingerprint density at radius 2 is 2.04 bits per heavy atom. The van der Waals surface area contributed by atoms with Gasteiger partial charge in [0.25, 0.3) is 0 Å². The summed E-state index contributed by atoms with van der Waals surface area (Å²) in [5, 5.41) is 3.48. The van der Waals surface area contributed by atoms with E-state index in [2.05, 4.69) is 10.3 Å². The summed E-state index contributed by atoms with van der Waals surface area (Å²) >= 11 is 1.42. The predicted molar refractivity (Wildman–Crippen MR) is 95.8 cm³/mol. The van der Waals surface area contributed by atoms with Crippen LogP contribution in [0.2, 0.25) is 0 Å². The van der Waals surface area contributed by atoms with Gasteiger partial charge in [0.2, 0.25) is 5.91 Å². The molecule has 1 amide bonds. The number of rotatable bonds is 6. The number of anilines is 1. The zero-order valence-electron chi connectivity index (χ0n) is 13.8. The van der Waals surface area contributed by atoms with Crippen LogP contribution in [0.1, 0.15) is 55.4 Å². The van der Waals surface area contributed by atoms with Gasteiger partial charge in [-0.2, -0.15) is 0 Å². The topological polar surface area (TPSA) is 42.0 Å². The molecule has 1 heterocycles. The molecule has 1 saturated carbocycles. The predicted octanol–water partition coefficient (Wildman–Crippen LogP) is 5.17. The Labute approximate surface area is 146 Å². The molecule has 2 aromatic rings. The molecule has 1 N–H and O–H groups in total. The molecular formula is C19H23FN2OS. The Morgan fingerprint density at radius 1 is 1.25 bits per heavy atom. The fourth-order valence-corrected chi connectivity index (χ4v) is 4.12. The van der Waals surface area contributed by atoms with E-state index in [-0.39, 0.29) is 11.7 Å². The molecule has 0 saturated heterocycles. The van der Waals surface area contributed by atoms with Gasteiger partial charge in [-0.25, -0.2) is 9.37 Å². The number of amides is 1. The summed E-state index contributed by atoms with van der Waals surface area (Å²) in [5.74, 6) is 0.536. The zero-order chi connectivity index (χ0) is 16.8. The largest absolute Gasteiger partial charge is 0.302 e. The smallest absolute Gasteiger partial charge is 0.226 e. The van der Waals surface area contributed by atoms with E-state index in [1.807, 2.05) is 6.07 Å². The molecule has 3 nitrogen and oxygen atoms in total. The maximum atomic E-state index is 13.7. The molecule has 5 heteroatoms. The highest BCUT2D eigenvalue weighted by atomic mass is 32.1. The molecule has 1 aromatic heterocycles. The Morgan fingerprint density at radius 3 is 2.83 bits per heavy atom. The zero-order valence-corrected chi connectivity index (χ0v) is 14.6. The van der Waals surface area contributed by atoms with Gasteiger partial charge in [-0.15, -0.1) is 11.3 Å². The van der Waals surface area contributed by atoms with Gasteiger partial charge < -0.3 is 5.32 Å². The lowest BCUT2D eigenvalue weighted by molar-refractivity contribution is -0.116. The average Bonchev–Trinajstić information content (AvgIpc) is 3.03. The van der Waals surface area contributed by atoms with E-state index >= 15 is 0 Å². The lowest BCUT2D eigenvalue weighted by Gasteiger charge is -2.20. The molecule has 1 fully saturated rings. The summed E-state index contributed by atoms with van der Waals surface area (Å²) < 4.78 is 13.7. The normalized spacial score (nSPS) is 15.4. The van der Waals surface area contributed by atoms with Crippen molar-refractivity contribution in [2.24, 2.45) is 5.92 Å². The Kier molecular flexibility index (Phi) is 5.96. The summed E-state index contributed by atoms with van der Waals surface area (Å²) in [7, 11) is 0. The van der Waals surface area contributed by atoms with Crippen LogP contribution in [0, 0.1) is 11.7 Å². The number of carbonyl (C=O) groups is 1. The first-order valence-corrected chi connectivity index (χ1v) is 9.50. The fourth-order valence-electron chi connectivity index (χ4n) is 3.27. The van der Waals surface area contributed by atoms with Crippen molar-refractivity contribution in [3.05, 3.63) is 46.7 Å². The van der Waals surface area contributed by atoms with Gasteiger partial charge in [0.15, 0.2) is 5.13 Å². The van der Waals surface area contributed by atoms with Crippen LogP contribution in [0.5, 0.6) is 0 Å². The number of carbonyl (C=O) groups excluding carboxylic acids is 1. The van der Waals surface area contributed by atoms with Gasteiger partial charge in [0, 0.05) is 23.9 Å². The van der Waals surface area contributed by atoms with Crippen molar-refractivity contribution in [2.75, 3.05) is 5.32 Å². The molecule has 1 aliphatic rings. The Bertz CT molecular complexity index is 680. The van der Waals surface area contributed by atoms with E-state index in [0.717, 1.165) is 11.3 Å². The number of hydrogen-bond donors (Lipinski definition) is 1. The van der Waals surface area contributed by atoms with E-state index < -0.39 is 0 Å². The first-order valence-electron chi connectivity index (χ1n) is 8.68. The summed E-state index contributed by atoms with van der Waals surface area (Å²) in [4.78, 5) is 17.3. The molecule has 0 atom stereocenters. The molecule has 0 unspecified atom stereocenters. The second kappa shape index (κ2) is 8.38. The van der Waals surface area contributed by atoms with E-state index in [9.17, 15) is 9.18 Å². The molecule has 3 rings (SSSR count). The van der Waals surface area contributed by atoms with Crippen LogP contribution in [0.3, 0.4) is 0 Å². The van der Waals surface area contributed by atoms with E-state index in [0.29, 0.717) is 29.5 Å².